The van der Waals surface area contributed by atoms with Gasteiger partial charge in [0, 0.05) is 31.0 Å². The molecule has 1 saturated heterocycles. The molecule has 0 radical (unpaired) electrons. The minimum Gasteiger partial charge on any atom is -0.508 e. The van der Waals surface area contributed by atoms with Crippen LogP contribution >= 0.6 is 0 Å². The smallest absolute Gasteiger partial charge is 0.256 e. The zero-order chi connectivity index (χ0) is 33.9. The Bertz CT molecular complexity index is 1480. The van der Waals surface area contributed by atoms with Crippen LogP contribution in [0, 0.1) is 12.3 Å². The molecule has 9 nitrogen and oxygen atoms in total. The van der Waals surface area contributed by atoms with Gasteiger partial charge < -0.3 is 33.7 Å². The van der Waals surface area contributed by atoms with Gasteiger partial charge in [0.15, 0.2) is 23.0 Å². The summed E-state index contributed by atoms with van der Waals surface area (Å²) in [5.41, 5.74) is 2.29. The average molecular weight is 635 g/mol. The van der Waals surface area contributed by atoms with E-state index in [0.29, 0.717) is 52.4 Å². The molecule has 1 atom stereocenters. The van der Waals surface area contributed by atoms with Crippen molar-refractivity contribution in [3.63, 3.8) is 0 Å². The number of fused-ring (bicyclic) bond motifs is 2. The molecule has 0 saturated carbocycles. The lowest BCUT2D eigenvalue weighted by atomic mass is 9.89. The van der Waals surface area contributed by atoms with E-state index in [1.807, 2.05) is 38.0 Å². The zero-order valence-electron chi connectivity index (χ0n) is 28.8. The fourth-order valence-corrected chi connectivity index (χ4v) is 5.35. The lowest BCUT2D eigenvalue weighted by Gasteiger charge is -2.25. The van der Waals surface area contributed by atoms with Crippen molar-refractivity contribution < 1.29 is 33.6 Å². The van der Waals surface area contributed by atoms with E-state index < -0.39 is 0 Å². The van der Waals surface area contributed by atoms with Crippen LogP contribution in [-0.4, -0.2) is 62.7 Å². The highest BCUT2D eigenvalue weighted by Gasteiger charge is 2.32. The summed E-state index contributed by atoms with van der Waals surface area (Å²) < 4.78 is 27.7. The molecule has 0 bridgehead atoms. The lowest BCUT2D eigenvalue weighted by Crippen LogP contribution is -2.35. The Balaban J connectivity index is 0.000000246. The molecule has 9 heteroatoms. The SMILES string of the molecule is CC.CCCC(C)(C)COc1cc2c(cc1OC)C(=O)N1CCCC1C=N2.COc1ccc(Oc2cc(O)ccc2C)cc1OC. The average Bonchev–Trinajstić information content (AvgIpc) is 3.49. The second kappa shape index (κ2) is 16.8. The van der Waals surface area contributed by atoms with E-state index in [-0.39, 0.29) is 23.1 Å². The van der Waals surface area contributed by atoms with Crippen molar-refractivity contribution in [3.8, 4) is 40.2 Å². The van der Waals surface area contributed by atoms with Gasteiger partial charge in [-0.15, -0.1) is 0 Å². The van der Waals surface area contributed by atoms with Gasteiger partial charge >= 0.3 is 0 Å². The molecule has 2 aliphatic rings. The summed E-state index contributed by atoms with van der Waals surface area (Å²) in [4.78, 5) is 19.3. The van der Waals surface area contributed by atoms with Crippen LogP contribution in [-0.2, 0) is 0 Å². The molecule has 250 valence electrons. The highest BCUT2D eigenvalue weighted by molar-refractivity contribution is 6.03. The van der Waals surface area contributed by atoms with Crippen LogP contribution in [0.3, 0.4) is 0 Å². The van der Waals surface area contributed by atoms with E-state index in [1.54, 1.807) is 63.8 Å². The van der Waals surface area contributed by atoms with E-state index in [2.05, 4.69) is 25.8 Å². The van der Waals surface area contributed by atoms with Gasteiger partial charge in [-0.05, 0) is 61.4 Å². The highest BCUT2D eigenvalue weighted by Crippen LogP contribution is 2.39. The van der Waals surface area contributed by atoms with Crippen LogP contribution in [0.4, 0.5) is 5.69 Å². The Kier molecular flexibility index (Phi) is 13.2. The molecule has 3 aromatic carbocycles. The number of rotatable bonds is 10. The number of phenols is 1. The van der Waals surface area contributed by atoms with E-state index in [0.717, 1.165) is 37.8 Å². The van der Waals surface area contributed by atoms with Gasteiger partial charge in [0.05, 0.1) is 45.2 Å². The summed E-state index contributed by atoms with van der Waals surface area (Å²) in [7, 11) is 4.76. The van der Waals surface area contributed by atoms with Crippen molar-refractivity contribution in [2.75, 3.05) is 34.5 Å². The summed E-state index contributed by atoms with van der Waals surface area (Å²) in [6.07, 6.45) is 6.12. The normalized spacial score (nSPS) is 14.8. The van der Waals surface area contributed by atoms with Gasteiger partial charge in [0.2, 0.25) is 0 Å². The van der Waals surface area contributed by atoms with E-state index in [4.69, 9.17) is 23.7 Å². The van der Waals surface area contributed by atoms with Gasteiger partial charge in [-0.1, -0.05) is 47.1 Å². The predicted octanol–water partition coefficient (Wildman–Crippen LogP) is 8.76. The highest BCUT2D eigenvalue weighted by atomic mass is 16.5. The summed E-state index contributed by atoms with van der Waals surface area (Å²) in [5.74, 6) is 3.90. The molecule has 1 fully saturated rings. The van der Waals surface area contributed by atoms with E-state index >= 15 is 0 Å². The van der Waals surface area contributed by atoms with Crippen molar-refractivity contribution in [2.45, 2.75) is 73.3 Å². The standard InChI is InChI=1S/C20H28N2O3.C15H16O4.C2H6/c1-5-8-20(2,3)13-25-18-11-16-15(10-17(18)24-4)19(23)22-9-6-7-14(22)12-21-16;1-10-4-5-11(16)8-14(10)19-12-6-7-13(17-2)15(9-12)18-3;1-2/h10-12,14H,5-9,13H2,1-4H3;4-9,16H,1-3H3;1-2H3. The van der Waals surface area contributed by atoms with E-state index in [9.17, 15) is 9.90 Å². The van der Waals surface area contributed by atoms with Crippen molar-refractivity contribution in [1.82, 2.24) is 4.90 Å². The topological polar surface area (TPSA) is 99.1 Å². The predicted molar refractivity (Wildman–Crippen MR) is 183 cm³/mol. The first-order chi connectivity index (χ1) is 22.1. The third-order valence-corrected chi connectivity index (χ3v) is 7.76. The van der Waals surface area contributed by atoms with Gasteiger partial charge in [-0.25, -0.2) is 0 Å². The molecule has 2 aliphatic heterocycles. The lowest BCUT2D eigenvalue weighted by molar-refractivity contribution is 0.0774. The monoisotopic (exact) mass is 634 g/mol. The molecule has 0 spiro atoms. The molecule has 1 amide bonds. The maximum Gasteiger partial charge on any atom is 0.256 e. The van der Waals surface area contributed by atoms with Crippen LogP contribution in [0.15, 0.2) is 53.5 Å². The van der Waals surface area contributed by atoms with Gasteiger partial charge in [-0.3, -0.25) is 9.79 Å². The maximum atomic E-state index is 12.8. The molecule has 0 aliphatic carbocycles. The van der Waals surface area contributed by atoms with Crippen molar-refractivity contribution in [1.29, 1.82) is 0 Å². The largest absolute Gasteiger partial charge is 0.508 e. The van der Waals surface area contributed by atoms with Crippen molar-refractivity contribution >= 4 is 17.8 Å². The number of aliphatic imine (C=N–C) groups is 1. The Morgan fingerprint density at radius 3 is 2.28 bits per heavy atom. The molecule has 1 unspecified atom stereocenters. The van der Waals surface area contributed by atoms with Gasteiger partial charge in [-0.2, -0.15) is 0 Å². The number of hydrogen-bond acceptors (Lipinski definition) is 8. The second-order valence-electron chi connectivity index (χ2n) is 11.8. The summed E-state index contributed by atoms with van der Waals surface area (Å²) in [6, 6.07) is 14.0. The molecule has 2 heterocycles. The number of nitrogens with zero attached hydrogens (tertiary/aromatic N) is 2. The molecule has 0 aromatic heterocycles. The quantitative estimate of drug-likeness (QED) is 0.238. The molecule has 1 N–H and O–H groups in total. The summed E-state index contributed by atoms with van der Waals surface area (Å²) in [5, 5.41) is 9.47. The number of benzene rings is 3. The van der Waals surface area contributed by atoms with Crippen LogP contribution < -0.4 is 23.7 Å². The number of aromatic hydroxyl groups is 1. The van der Waals surface area contributed by atoms with Crippen molar-refractivity contribution in [3.05, 3.63) is 59.7 Å². The second-order valence-corrected chi connectivity index (χ2v) is 11.8. The van der Waals surface area contributed by atoms with Gasteiger partial charge in [0.1, 0.15) is 17.2 Å². The Hall–Kier alpha value is -4.40. The van der Waals surface area contributed by atoms with Crippen LogP contribution in [0.1, 0.15) is 76.2 Å². The molecular formula is C37H50N2O7. The first kappa shape index (κ1) is 36.1. The minimum absolute atomic E-state index is 0.0335. The number of carbonyl (C=O) groups is 1. The third-order valence-electron chi connectivity index (χ3n) is 7.76. The Morgan fingerprint density at radius 1 is 0.913 bits per heavy atom. The summed E-state index contributed by atoms with van der Waals surface area (Å²) in [6.45, 7) is 13.9. The number of methoxy groups -OCH3 is 3. The Morgan fingerprint density at radius 2 is 1.61 bits per heavy atom. The van der Waals surface area contributed by atoms with Crippen LogP contribution in [0.25, 0.3) is 0 Å². The fraction of sp³-hybridized carbons (Fsp3) is 0.459. The number of hydrogen-bond donors (Lipinski definition) is 1. The number of phenolic OH excluding ortho intramolecular Hbond substituents is 1. The maximum absolute atomic E-state index is 12.8. The van der Waals surface area contributed by atoms with Gasteiger partial charge in [0.25, 0.3) is 5.91 Å². The molecular weight excluding hydrogens is 584 g/mol. The van der Waals surface area contributed by atoms with Crippen molar-refractivity contribution in [2.24, 2.45) is 10.4 Å². The number of carbonyl (C=O) groups excluding carboxylic acids is 1. The summed E-state index contributed by atoms with van der Waals surface area (Å²) >= 11 is 0. The first-order valence-corrected chi connectivity index (χ1v) is 16.0. The molecule has 46 heavy (non-hydrogen) atoms. The zero-order valence-corrected chi connectivity index (χ0v) is 28.8. The van der Waals surface area contributed by atoms with E-state index in [1.165, 1.54) is 0 Å². The minimum atomic E-state index is 0.0335. The molecule has 5 rings (SSSR count). The Labute approximate surface area is 274 Å². The van der Waals surface area contributed by atoms with Crippen LogP contribution in [0.2, 0.25) is 0 Å². The fourth-order valence-electron chi connectivity index (χ4n) is 5.35. The number of amides is 1. The number of ether oxygens (including phenoxy) is 5. The van der Waals surface area contributed by atoms with Crippen LogP contribution in [0.5, 0.6) is 40.2 Å². The molecule has 3 aromatic rings. The third kappa shape index (κ3) is 9.08. The first-order valence-electron chi connectivity index (χ1n) is 16.0. The number of aryl methyl sites for hydroxylation is 1.